The fraction of sp³-hybridized carbons (Fsp3) is 0.154. The minimum atomic E-state index is -0.599. The molecule has 0 amide bonds. The van der Waals surface area contributed by atoms with Crippen LogP contribution in [0.3, 0.4) is 0 Å². The molecule has 0 N–H and O–H groups in total. The number of nitrogens with zero attached hydrogens (tertiary/aromatic N) is 3. The molecule has 0 spiro atoms. The monoisotopic (exact) mass is 273 g/mol. The van der Waals surface area contributed by atoms with E-state index in [-0.39, 0.29) is 17.3 Å². The van der Waals surface area contributed by atoms with Gasteiger partial charge in [0.1, 0.15) is 5.69 Å². The molecule has 102 valence electrons. The van der Waals surface area contributed by atoms with Crippen LogP contribution in [-0.4, -0.2) is 27.3 Å². The molecule has 0 fully saturated rings. The first-order valence-electron chi connectivity index (χ1n) is 5.73. The van der Waals surface area contributed by atoms with Crippen LogP contribution in [0.15, 0.2) is 30.3 Å². The lowest BCUT2D eigenvalue weighted by atomic mass is 10.1. The predicted molar refractivity (Wildman–Crippen MR) is 67.9 cm³/mol. The van der Waals surface area contributed by atoms with Gasteiger partial charge in [0.05, 0.1) is 0 Å². The van der Waals surface area contributed by atoms with Crippen LogP contribution in [0.5, 0.6) is 11.6 Å². The lowest BCUT2D eigenvalue weighted by molar-refractivity contribution is -0.135. The number of rotatable bonds is 3. The second-order valence-corrected chi connectivity index (χ2v) is 3.83. The van der Waals surface area contributed by atoms with E-state index >= 15 is 0 Å². The zero-order chi connectivity index (χ0) is 14.5. The molecule has 1 aromatic heterocycles. The molecule has 7 heteroatoms. The van der Waals surface area contributed by atoms with Crippen molar-refractivity contribution in [3.63, 3.8) is 0 Å². The molecule has 7 nitrogen and oxygen atoms in total. The molecule has 0 unspecified atom stereocenters. The lowest BCUT2D eigenvalue weighted by Crippen LogP contribution is -2.11. The summed E-state index contributed by atoms with van der Waals surface area (Å²) in [5, 5.41) is 10.9. The van der Waals surface area contributed by atoms with Gasteiger partial charge >= 0.3 is 11.9 Å². The van der Waals surface area contributed by atoms with Crippen molar-refractivity contribution in [1.29, 1.82) is 0 Å². The second kappa shape index (κ2) is 5.87. The maximum absolute atomic E-state index is 11.2. The van der Waals surface area contributed by atoms with Gasteiger partial charge < -0.3 is 9.47 Å². The summed E-state index contributed by atoms with van der Waals surface area (Å²) in [5.74, 6) is -1.40. The standard InChI is InChI=1S/C13H11N3O4/c1-8(17)19-12-11(10-6-4-3-5-7-10)14-16-15-13(12)20-9(2)18/h3-7H,1-2H3. The van der Waals surface area contributed by atoms with Gasteiger partial charge in [-0.05, 0) is 5.21 Å². The van der Waals surface area contributed by atoms with Crippen LogP contribution in [0.25, 0.3) is 11.3 Å². The average molecular weight is 273 g/mol. The van der Waals surface area contributed by atoms with Crippen LogP contribution in [0.4, 0.5) is 0 Å². The smallest absolute Gasteiger partial charge is 0.309 e. The molecule has 0 aliphatic carbocycles. The molecule has 20 heavy (non-hydrogen) atoms. The van der Waals surface area contributed by atoms with Crippen LogP contribution in [0.2, 0.25) is 0 Å². The third-order valence-electron chi connectivity index (χ3n) is 2.22. The van der Waals surface area contributed by atoms with Crippen LogP contribution in [0.1, 0.15) is 13.8 Å². The van der Waals surface area contributed by atoms with E-state index in [1.807, 2.05) is 6.07 Å². The van der Waals surface area contributed by atoms with E-state index in [1.165, 1.54) is 13.8 Å². The Morgan fingerprint density at radius 2 is 1.60 bits per heavy atom. The number of benzene rings is 1. The summed E-state index contributed by atoms with van der Waals surface area (Å²) in [6.07, 6.45) is 0. The summed E-state index contributed by atoms with van der Waals surface area (Å²) in [4.78, 5) is 22.2. The van der Waals surface area contributed by atoms with Gasteiger partial charge in [-0.2, -0.15) is 0 Å². The molecule has 0 atom stereocenters. The quantitative estimate of drug-likeness (QED) is 0.780. The van der Waals surface area contributed by atoms with Gasteiger partial charge in [0.25, 0.3) is 5.88 Å². The third kappa shape index (κ3) is 3.14. The van der Waals surface area contributed by atoms with Crippen LogP contribution < -0.4 is 9.47 Å². The van der Waals surface area contributed by atoms with Crippen molar-refractivity contribution >= 4 is 11.9 Å². The first-order valence-corrected chi connectivity index (χ1v) is 5.73. The first-order chi connectivity index (χ1) is 9.58. The molecule has 2 rings (SSSR count). The molecule has 1 heterocycles. The Morgan fingerprint density at radius 3 is 2.20 bits per heavy atom. The molecule has 0 aliphatic heterocycles. The van der Waals surface area contributed by atoms with Crippen molar-refractivity contribution < 1.29 is 19.1 Å². The topological polar surface area (TPSA) is 91.3 Å². The van der Waals surface area contributed by atoms with Gasteiger partial charge in [-0.15, -0.1) is 5.10 Å². The molecule has 1 aromatic carbocycles. The van der Waals surface area contributed by atoms with Gasteiger partial charge in [-0.3, -0.25) is 9.59 Å². The fourth-order valence-electron chi connectivity index (χ4n) is 1.52. The highest BCUT2D eigenvalue weighted by Crippen LogP contribution is 2.34. The van der Waals surface area contributed by atoms with Gasteiger partial charge in [0.2, 0.25) is 5.75 Å². The summed E-state index contributed by atoms with van der Waals surface area (Å²) in [6, 6.07) is 8.93. The average Bonchev–Trinajstić information content (AvgIpc) is 2.40. The fourth-order valence-corrected chi connectivity index (χ4v) is 1.52. The zero-order valence-corrected chi connectivity index (χ0v) is 10.9. The summed E-state index contributed by atoms with van der Waals surface area (Å²) in [5.41, 5.74) is 0.930. The summed E-state index contributed by atoms with van der Waals surface area (Å²) in [7, 11) is 0. The molecule has 0 aliphatic rings. The molecule has 0 bridgehead atoms. The predicted octanol–water partition coefficient (Wildman–Crippen LogP) is 1.39. The van der Waals surface area contributed by atoms with E-state index in [0.29, 0.717) is 5.56 Å². The van der Waals surface area contributed by atoms with Crippen molar-refractivity contribution in [2.24, 2.45) is 0 Å². The van der Waals surface area contributed by atoms with Crippen LogP contribution in [-0.2, 0) is 9.59 Å². The number of carbonyl (C=O) groups is 2. The van der Waals surface area contributed by atoms with E-state index in [2.05, 4.69) is 15.4 Å². The molecular weight excluding hydrogens is 262 g/mol. The van der Waals surface area contributed by atoms with Gasteiger partial charge in [0.15, 0.2) is 0 Å². The Labute approximate surface area is 114 Å². The number of aromatic nitrogens is 3. The maximum atomic E-state index is 11.2. The summed E-state index contributed by atoms with van der Waals surface area (Å²) in [6.45, 7) is 2.44. The van der Waals surface area contributed by atoms with Gasteiger partial charge in [-0.1, -0.05) is 35.4 Å². The normalized spacial score (nSPS) is 9.90. The number of carbonyl (C=O) groups excluding carboxylic acids is 2. The highest BCUT2D eigenvalue weighted by atomic mass is 16.6. The Bertz CT molecular complexity index is 643. The molecule has 0 saturated carbocycles. The molecule has 0 saturated heterocycles. The van der Waals surface area contributed by atoms with E-state index in [1.54, 1.807) is 24.3 Å². The zero-order valence-electron chi connectivity index (χ0n) is 10.9. The Morgan fingerprint density at radius 1 is 0.950 bits per heavy atom. The third-order valence-corrected chi connectivity index (χ3v) is 2.22. The Balaban J connectivity index is 2.55. The van der Waals surface area contributed by atoms with Crippen molar-refractivity contribution in [2.45, 2.75) is 13.8 Å². The number of ether oxygens (including phenoxy) is 2. The van der Waals surface area contributed by atoms with E-state index in [9.17, 15) is 9.59 Å². The molecule has 0 radical (unpaired) electrons. The Kier molecular flexibility index (Phi) is 3.99. The van der Waals surface area contributed by atoms with E-state index < -0.39 is 11.9 Å². The minimum absolute atomic E-state index is 0.0334. The SMILES string of the molecule is CC(=O)Oc1nnnc(-c2ccccc2)c1OC(C)=O. The minimum Gasteiger partial charge on any atom is -0.418 e. The van der Waals surface area contributed by atoms with Crippen molar-refractivity contribution in [3.05, 3.63) is 30.3 Å². The highest BCUT2D eigenvalue weighted by Gasteiger charge is 2.20. The maximum Gasteiger partial charge on any atom is 0.309 e. The van der Waals surface area contributed by atoms with Crippen molar-refractivity contribution in [2.75, 3.05) is 0 Å². The number of esters is 2. The van der Waals surface area contributed by atoms with Gasteiger partial charge in [-0.25, -0.2) is 0 Å². The van der Waals surface area contributed by atoms with E-state index in [4.69, 9.17) is 9.47 Å². The van der Waals surface area contributed by atoms with Crippen LogP contribution >= 0.6 is 0 Å². The lowest BCUT2D eigenvalue weighted by Gasteiger charge is -2.10. The van der Waals surface area contributed by atoms with E-state index in [0.717, 1.165) is 0 Å². The second-order valence-electron chi connectivity index (χ2n) is 3.83. The molecule has 2 aromatic rings. The number of hydrogen-bond acceptors (Lipinski definition) is 7. The summed E-state index contributed by atoms with van der Waals surface area (Å²) >= 11 is 0. The molecular formula is C13H11N3O4. The Hall–Kier alpha value is -2.83. The highest BCUT2D eigenvalue weighted by molar-refractivity contribution is 5.78. The summed E-state index contributed by atoms with van der Waals surface area (Å²) < 4.78 is 9.93. The largest absolute Gasteiger partial charge is 0.418 e. The van der Waals surface area contributed by atoms with Gasteiger partial charge in [0, 0.05) is 19.4 Å². The van der Waals surface area contributed by atoms with Crippen molar-refractivity contribution in [1.82, 2.24) is 15.4 Å². The van der Waals surface area contributed by atoms with Crippen LogP contribution in [0, 0.1) is 0 Å². The first kappa shape index (κ1) is 13.6. The van der Waals surface area contributed by atoms with Crippen molar-refractivity contribution in [3.8, 4) is 22.9 Å². The number of hydrogen-bond donors (Lipinski definition) is 0.